The van der Waals surface area contributed by atoms with E-state index in [0.717, 1.165) is 24.0 Å². The quantitative estimate of drug-likeness (QED) is 0.864. The first-order chi connectivity index (χ1) is 9.74. The number of fused-ring (bicyclic) bond motifs is 2. The van der Waals surface area contributed by atoms with Crippen molar-refractivity contribution in [3.05, 3.63) is 35.4 Å². The summed E-state index contributed by atoms with van der Waals surface area (Å²) < 4.78 is 11.3. The molecular formula is C16H21NO3. The van der Waals surface area contributed by atoms with Gasteiger partial charge in [-0.15, -0.1) is 0 Å². The molecule has 0 spiro atoms. The van der Waals surface area contributed by atoms with Gasteiger partial charge in [0, 0.05) is 17.6 Å². The van der Waals surface area contributed by atoms with E-state index in [1.165, 1.54) is 12.8 Å². The number of hydrogen-bond acceptors (Lipinski definition) is 4. The third kappa shape index (κ3) is 2.07. The topological polar surface area (TPSA) is 50.7 Å². The average Bonchev–Trinajstić information content (AvgIpc) is 3.09. The van der Waals surface area contributed by atoms with Crippen LogP contribution >= 0.6 is 0 Å². The molecule has 3 fully saturated rings. The fourth-order valence-corrected chi connectivity index (χ4v) is 4.01. The van der Waals surface area contributed by atoms with Gasteiger partial charge >= 0.3 is 0 Å². The lowest BCUT2D eigenvalue weighted by molar-refractivity contribution is -0.0545. The van der Waals surface area contributed by atoms with Crippen molar-refractivity contribution in [2.75, 3.05) is 13.2 Å². The van der Waals surface area contributed by atoms with Crippen LogP contribution in [0.5, 0.6) is 0 Å². The Hall–Kier alpha value is -0.940. The van der Waals surface area contributed by atoms with E-state index in [0.29, 0.717) is 25.3 Å². The molecule has 4 rings (SSSR count). The Morgan fingerprint density at radius 1 is 1.05 bits per heavy atom. The zero-order chi connectivity index (χ0) is 13.6. The highest BCUT2D eigenvalue weighted by atomic mass is 16.7. The van der Waals surface area contributed by atoms with Crippen LogP contribution in [-0.2, 0) is 15.1 Å². The molecule has 3 saturated heterocycles. The molecule has 0 aliphatic carbocycles. The predicted octanol–water partition coefficient (Wildman–Crippen LogP) is 1.83. The maximum Gasteiger partial charge on any atom is 0.184 e. The lowest BCUT2D eigenvalue weighted by Gasteiger charge is -2.39. The summed E-state index contributed by atoms with van der Waals surface area (Å²) in [5, 5.41) is 14.8. The highest BCUT2D eigenvalue weighted by molar-refractivity contribution is 5.35. The molecule has 2 bridgehead atoms. The normalized spacial score (nSPS) is 37.5. The molecule has 3 heterocycles. The molecule has 108 valence electrons. The van der Waals surface area contributed by atoms with Crippen molar-refractivity contribution in [1.29, 1.82) is 0 Å². The van der Waals surface area contributed by atoms with Gasteiger partial charge in [-0.05, 0) is 31.2 Å². The molecule has 3 aliphatic rings. The second-order valence-electron chi connectivity index (χ2n) is 6.24. The van der Waals surface area contributed by atoms with Crippen LogP contribution in [0, 0.1) is 0 Å². The minimum atomic E-state index is -0.747. The number of nitrogens with one attached hydrogen (secondary N) is 1. The van der Waals surface area contributed by atoms with Crippen molar-refractivity contribution in [3.8, 4) is 0 Å². The van der Waals surface area contributed by atoms with E-state index in [1.807, 2.05) is 24.3 Å². The number of rotatable bonds is 2. The minimum Gasteiger partial charge on any atom is -0.385 e. The minimum absolute atomic E-state index is 0.317. The summed E-state index contributed by atoms with van der Waals surface area (Å²) in [6, 6.07) is 8.92. The van der Waals surface area contributed by atoms with Crippen molar-refractivity contribution < 1.29 is 14.6 Å². The standard InChI is InChI=1S/C16H21NO3/c18-16(9-11-5-6-12(10-16)17-11)14-4-2-1-3-13(14)15-19-7-8-20-15/h1-4,11-12,15,17-18H,5-10H2. The Morgan fingerprint density at radius 2 is 1.70 bits per heavy atom. The fourth-order valence-electron chi connectivity index (χ4n) is 4.01. The first kappa shape index (κ1) is 12.8. The smallest absolute Gasteiger partial charge is 0.184 e. The first-order valence-electron chi connectivity index (χ1n) is 7.56. The van der Waals surface area contributed by atoms with Crippen LogP contribution in [0.4, 0.5) is 0 Å². The van der Waals surface area contributed by atoms with E-state index in [4.69, 9.17) is 9.47 Å². The highest BCUT2D eigenvalue weighted by Crippen LogP contribution is 2.43. The molecule has 1 aromatic carbocycles. The predicted molar refractivity (Wildman–Crippen MR) is 74.2 cm³/mol. The van der Waals surface area contributed by atoms with Gasteiger partial charge in [0.1, 0.15) is 0 Å². The number of benzene rings is 1. The summed E-state index contributed by atoms with van der Waals surface area (Å²) in [4.78, 5) is 0. The Bertz CT molecular complexity index is 486. The number of aliphatic hydroxyl groups is 1. The van der Waals surface area contributed by atoms with Gasteiger partial charge in [-0.25, -0.2) is 0 Å². The number of hydrogen-bond donors (Lipinski definition) is 2. The Morgan fingerprint density at radius 3 is 2.40 bits per heavy atom. The van der Waals surface area contributed by atoms with E-state index in [-0.39, 0.29) is 6.29 Å². The van der Waals surface area contributed by atoms with E-state index >= 15 is 0 Å². The molecule has 4 heteroatoms. The van der Waals surface area contributed by atoms with Crippen molar-refractivity contribution >= 4 is 0 Å². The maximum atomic E-state index is 11.2. The van der Waals surface area contributed by atoms with Crippen LogP contribution < -0.4 is 5.32 Å². The Balaban J connectivity index is 1.70. The first-order valence-corrected chi connectivity index (χ1v) is 7.56. The van der Waals surface area contributed by atoms with E-state index in [2.05, 4.69) is 5.32 Å². The molecular weight excluding hydrogens is 254 g/mol. The monoisotopic (exact) mass is 275 g/mol. The van der Waals surface area contributed by atoms with Gasteiger partial charge < -0.3 is 19.9 Å². The van der Waals surface area contributed by atoms with Crippen molar-refractivity contribution in [3.63, 3.8) is 0 Å². The molecule has 20 heavy (non-hydrogen) atoms. The van der Waals surface area contributed by atoms with E-state index in [9.17, 15) is 5.11 Å². The molecule has 0 radical (unpaired) electrons. The van der Waals surface area contributed by atoms with Crippen LogP contribution in [0.15, 0.2) is 24.3 Å². The van der Waals surface area contributed by atoms with Crippen LogP contribution in [0.25, 0.3) is 0 Å². The molecule has 2 unspecified atom stereocenters. The van der Waals surface area contributed by atoms with Crippen molar-refractivity contribution in [2.24, 2.45) is 0 Å². The van der Waals surface area contributed by atoms with Crippen LogP contribution in [0.2, 0.25) is 0 Å². The van der Waals surface area contributed by atoms with Crippen LogP contribution in [0.1, 0.15) is 43.1 Å². The van der Waals surface area contributed by atoms with E-state index in [1.54, 1.807) is 0 Å². The van der Waals surface area contributed by atoms with Crippen molar-refractivity contribution in [2.45, 2.75) is 49.7 Å². The second kappa shape index (κ2) is 4.81. The molecule has 2 N–H and O–H groups in total. The summed E-state index contributed by atoms with van der Waals surface area (Å²) in [6.07, 6.45) is 3.60. The molecule has 3 aliphatic heterocycles. The van der Waals surface area contributed by atoms with Gasteiger partial charge in [0.2, 0.25) is 0 Å². The van der Waals surface area contributed by atoms with Gasteiger partial charge in [0.15, 0.2) is 6.29 Å². The summed E-state index contributed by atoms with van der Waals surface area (Å²) in [5.41, 5.74) is 1.24. The molecule has 4 nitrogen and oxygen atoms in total. The van der Waals surface area contributed by atoms with Gasteiger partial charge in [-0.1, -0.05) is 24.3 Å². The SMILES string of the molecule is OC1(c2ccccc2C2OCCO2)CC2CCC(C1)N2. The Kier molecular flexibility index (Phi) is 3.07. The zero-order valence-corrected chi connectivity index (χ0v) is 11.5. The van der Waals surface area contributed by atoms with Gasteiger partial charge in [-0.3, -0.25) is 0 Å². The highest BCUT2D eigenvalue weighted by Gasteiger charge is 2.45. The van der Waals surface area contributed by atoms with E-state index < -0.39 is 5.60 Å². The van der Waals surface area contributed by atoms with Crippen LogP contribution in [-0.4, -0.2) is 30.4 Å². The summed E-state index contributed by atoms with van der Waals surface area (Å²) in [6.45, 7) is 1.26. The third-order valence-corrected chi connectivity index (χ3v) is 4.84. The number of ether oxygens (including phenoxy) is 2. The second-order valence-corrected chi connectivity index (χ2v) is 6.24. The van der Waals surface area contributed by atoms with Gasteiger partial charge in [0.25, 0.3) is 0 Å². The van der Waals surface area contributed by atoms with Crippen LogP contribution in [0.3, 0.4) is 0 Å². The molecule has 1 aromatic rings. The van der Waals surface area contributed by atoms with Crippen molar-refractivity contribution in [1.82, 2.24) is 5.32 Å². The lowest BCUT2D eigenvalue weighted by Crippen LogP contribution is -2.47. The molecule has 2 atom stereocenters. The van der Waals surface area contributed by atoms with Gasteiger partial charge in [0.05, 0.1) is 18.8 Å². The fraction of sp³-hybridized carbons (Fsp3) is 0.625. The van der Waals surface area contributed by atoms with Gasteiger partial charge in [-0.2, -0.15) is 0 Å². The zero-order valence-electron chi connectivity index (χ0n) is 11.5. The summed E-state index contributed by atoms with van der Waals surface area (Å²) >= 11 is 0. The summed E-state index contributed by atoms with van der Waals surface area (Å²) in [5.74, 6) is 0. The molecule has 0 amide bonds. The number of piperidine rings is 1. The molecule has 0 aromatic heterocycles. The lowest BCUT2D eigenvalue weighted by atomic mass is 9.79. The largest absolute Gasteiger partial charge is 0.385 e. The average molecular weight is 275 g/mol. The maximum absolute atomic E-state index is 11.2. The molecule has 0 saturated carbocycles. The third-order valence-electron chi connectivity index (χ3n) is 4.84. The summed E-state index contributed by atoms with van der Waals surface area (Å²) in [7, 11) is 0. The Labute approximate surface area is 119 Å².